The minimum Gasteiger partial charge on any atom is -0.465 e. The lowest BCUT2D eigenvalue weighted by molar-refractivity contribution is -0.154. The van der Waals surface area contributed by atoms with E-state index < -0.39 is 15.4 Å². The molecular formula is C25H35N3O4S2. The first kappa shape index (κ1) is 27.6. The van der Waals surface area contributed by atoms with E-state index in [0.717, 1.165) is 17.4 Å². The fraction of sp³-hybridized carbons (Fsp3) is 0.440. The normalized spacial score (nSPS) is 13.6. The third kappa shape index (κ3) is 8.95. The monoisotopic (exact) mass is 505 g/mol. The zero-order chi connectivity index (χ0) is 25.5. The molecule has 0 saturated carbocycles. The zero-order valence-corrected chi connectivity index (χ0v) is 22.1. The van der Waals surface area contributed by atoms with Gasteiger partial charge < -0.3 is 15.4 Å². The number of thiocarbonyl (C=S) groups is 1. The predicted octanol–water partition coefficient (Wildman–Crippen LogP) is 4.11. The highest BCUT2D eigenvalue weighted by atomic mass is 32.2. The van der Waals surface area contributed by atoms with Gasteiger partial charge in [0, 0.05) is 18.2 Å². The van der Waals surface area contributed by atoms with E-state index in [0.29, 0.717) is 18.7 Å². The number of nitrogens with one attached hydrogen (secondary N) is 1. The minimum absolute atomic E-state index is 0.0381. The molecule has 0 aliphatic heterocycles. The number of hydrogen-bond acceptors (Lipinski definition) is 5. The molecule has 0 unspecified atom stereocenters. The van der Waals surface area contributed by atoms with Gasteiger partial charge in [-0.3, -0.25) is 9.52 Å². The summed E-state index contributed by atoms with van der Waals surface area (Å²) in [7, 11) is -3.35. The molecule has 2 aromatic carbocycles. The van der Waals surface area contributed by atoms with Gasteiger partial charge in [0.1, 0.15) is 0 Å². The van der Waals surface area contributed by atoms with Gasteiger partial charge in [-0.2, -0.15) is 0 Å². The Bertz CT molecular complexity index is 1070. The number of benzene rings is 2. The van der Waals surface area contributed by atoms with Crippen LogP contribution in [0.5, 0.6) is 0 Å². The average molecular weight is 506 g/mol. The molecule has 0 aliphatic rings. The van der Waals surface area contributed by atoms with Crippen molar-refractivity contribution < 1.29 is 17.9 Å². The van der Waals surface area contributed by atoms with Crippen molar-refractivity contribution in [3.63, 3.8) is 0 Å². The summed E-state index contributed by atoms with van der Waals surface area (Å²) in [4.78, 5) is 14.3. The summed E-state index contributed by atoms with van der Waals surface area (Å²) >= 11 is 5.37. The van der Waals surface area contributed by atoms with Crippen LogP contribution in [-0.4, -0.2) is 43.8 Å². The lowest BCUT2D eigenvalue weighted by Gasteiger charge is -2.34. The lowest BCUT2D eigenvalue weighted by atomic mass is 9.96. The van der Waals surface area contributed by atoms with Gasteiger partial charge in [0.15, 0.2) is 5.11 Å². The van der Waals surface area contributed by atoms with Gasteiger partial charge in [-0.15, -0.1) is 0 Å². The summed E-state index contributed by atoms with van der Waals surface area (Å²) in [5, 5.41) is 0.242. The number of hydrogen-bond donors (Lipinski definition) is 2. The van der Waals surface area contributed by atoms with E-state index in [2.05, 4.69) is 4.72 Å². The Morgan fingerprint density at radius 1 is 1.12 bits per heavy atom. The Kier molecular flexibility index (Phi) is 9.46. The largest absolute Gasteiger partial charge is 0.465 e. The Hall–Kier alpha value is -2.65. The van der Waals surface area contributed by atoms with E-state index in [9.17, 15) is 13.2 Å². The second-order valence-electron chi connectivity index (χ2n) is 9.57. The van der Waals surface area contributed by atoms with Crippen molar-refractivity contribution in [3.8, 4) is 0 Å². The molecule has 0 bridgehead atoms. The number of carbonyl (C=O) groups excluding carboxylic acids is 1. The van der Waals surface area contributed by atoms with Crippen LogP contribution in [0, 0.1) is 11.3 Å². The van der Waals surface area contributed by atoms with Gasteiger partial charge >= 0.3 is 5.97 Å². The third-order valence-electron chi connectivity index (χ3n) is 5.33. The molecule has 0 radical (unpaired) electrons. The van der Waals surface area contributed by atoms with Crippen LogP contribution < -0.4 is 10.5 Å². The number of nitrogens with zero attached hydrogens (tertiary/aromatic N) is 1. The molecule has 0 fully saturated rings. The van der Waals surface area contributed by atoms with E-state index in [1.165, 1.54) is 0 Å². The Labute approximate surface area is 208 Å². The predicted molar refractivity (Wildman–Crippen MR) is 141 cm³/mol. The van der Waals surface area contributed by atoms with Gasteiger partial charge in [0.2, 0.25) is 10.0 Å². The summed E-state index contributed by atoms with van der Waals surface area (Å²) in [5.41, 5.74) is 8.07. The average Bonchev–Trinajstić information content (AvgIpc) is 2.74. The number of rotatable bonds is 10. The second-order valence-corrected chi connectivity index (χ2v) is 11.7. The number of anilines is 1. The van der Waals surface area contributed by atoms with Crippen LogP contribution in [0.2, 0.25) is 0 Å². The molecule has 34 heavy (non-hydrogen) atoms. The van der Waals surface area contributed by atoms with Crippen LogP contribution in [0.4, 0.5) is 5.69 Å². The summed E-state index contributed by atoms with van der Waals surface area (Å²) < 4.78 is 31.1. The molecule has 0 amide bonds. The van der Waals surface area contributed by atoms with E-state index in [4.69, 9.17) is 22.7 Å². The fourth-order valence-electron chi connectivity index (χ4n) is 3.47. The quantitative estimate of drug-likeness (QED) is 0.370. The first-order chi connectivity index (χ1) is 15.8. The highest BCUT2D eigenvalue weighted by Crippen LogP contribution is 2.25. The maximum atomic E-state index is 12.4. The number of ether oxygens (including phenoxy) is 1. The van der Waals surface area contributed by atoms with Gasteiger partial charge in [0.25, 0.3) is 0 Å². The molecule has 2 rings (SSSR count). The van der Waals surface area contributed by atoms with Crippen molar-refractivity contribution in [1.29, 1.82) is 0 Å². The van der Waals surface area contributed by atoms with Gasteiger partial charge in [0.05, 0.1) is 24.3 Å². The van der Waals surface area contributed by atoms with Gasteiger partial charge in [-0.25, -0.2) is 8.42 Å². The summed E-state index contributed by atoms with van der Waals surface area (Å²) in [6.45, 7) is 8.20. The van der Waals surface area contributed by atoms with E-state index in [1.807, 2.05) is 75.1 Å². The Balaban J connectivity index is 2.21. The lowest BCUT2D eigenvalue weighted by Crippen LogP contribution is -2.42. The van der Waals surface area contributed by atoms with Gasteiger partial charge in [-0.05, 0) is 69.6 Å². The Morgan fingerprint density at radius 3 is 2.21 bits per heavy atom. The van der Waals surface area contributed by atoms with E-state index >= 15 is 0 Å². The molecule has 9 heteroatoms. The molecule has 0 aromatic heterocycles. The molecule has 3 N–H and O–H groups in total. The van der Waals surface area contributed by atoms with Crippen molar-refractivity contribution in [3.05, 3.63) is 65.7 Å². The molecule has 7 nitrogen and oxygen atoms in total. The second kappa shape index (κ2) is 11.7. The van der Waals surface area contributed by atoms with Crippen molar-refractivity contribution >= 4 is 39.0 Å². The standard InChI is InChI=1S/C25H35N3O4S2/c1-18(21-11-13-22(14-12-21)27-34(5,30)31)28(24(26)33)16-20(15-19-9-7-6-8-10-19)17-32-23(29)25(2,3)4/h6-14,18,20,27H,15-17H2,1-5H3,(H2,26,33)/t18-,20-/m1/s1. The zero-order valence-electron chi connectivity index (χ0n) is 20.4. The highest BCUT2D eigenvalue weighted by molar-refractivity contribution is 7.92. The summed E-state index contributed by atoms with van der Waals surface area (Å²) in [6.07, 6.45) is 1.80. The highest BCUT2D eigenvalue weighted by Gasteiger charge is 2.27. The maximum absolute atomic E-state index is 12.4. The van der Waals surface area contributed by atoms with E-state index in [1.54, 1.807) is 12.1 Å². The maximum Gasteiger partial charge on any atom is 0.311 e. The minimum atomic E-state index is -3.35. The van der Waals surface area contributed by atoms with Crippen LogP contribution in [0.3, 0.4) is 0 Å². The first-order valence-electron chi connectivity index (χ1n) is 11.1. The number of esters is 1. The van der Waals surface area contributed by atoms with Crippen molar-refractivity contribution in [2.45, 2.75) is 40.2 Å². The van der Waals surface area contributed by atoms with Crippen molar-refractivity contribution in [2.75, 3.05) is 24.1 Å². The Morgan fingerprint density at radius 2 is 1.71 bits per heavy atom. The fourth-order valence-corrected chi connectivity index (χ4v) is 4.27. The number of sulfonamides is 1. The van der Waals surface area contributed by atoms with Crippen molar-refractivity contribution in [1.82, 2.24) is 4.90 Å². The van der Waals surface area contributed by atoms with Crippen LogP contribution in [0.1, 0.15) is 44.9 Å². The molecular weight excluding hydrogens is 470 g/mol. The van der Waals surface area contributed by atoms with Crippen molar-refractivity contribution in [2.24, 2.45) is 17.1 Å². The van der Waals surface area contributed by atoms with Crippen LogP contribution in [-0.2, 0) is 26.0 Å². The molecule has 0 spiro atoms. The smallest absolute Gasteiger partial charge is 0.311 e. The van der Waals surface area contributed by atoms with Crippen LogP contribution >= 0.6 is 12.2 Å². The van der Waals surface area contributed by atoms with Crippen LogP contribution in [0.15, 0.2) is 54.6 Å². The number of carbonyl (C=O) groups is 1. The SMILES string of the molecule is C[C@H](c1ccc(NS(C)(=O)=O)cc1)N(C[C@H](COC(=O)C(C)(C)C)Cc1ccccc1)C(N)=S. The molecule has 0 aliphatic carbocycles. The topological polar surface area (TPSA) is 102 Å². The first-order valence-corrected chi connectivity index (χ1v) is 13.4. The number of nitrogens with two attached hydrogens (primary N) is 1. The summed E-state index contributed by atoms with van der Waals surface area (Å²) in [6, 6.07) is 16.9. The third-order valence-corrected chi connectivity index (χ3v) is 6.17. The van der Waals surface area contributed by atoms with Crippen LogP contribution in [0.25, 0.3) is 0 Å². The summed E-state index contributed by atoms with van der Waals surface area (Å²) in [5.74, 6) is -0.293. The molecule has 2 atom stereocenters. The molecule has 0 saturated heterocycles. The van der Waals surface area contributed by atoms with Gasteiger partial charge in [-0.1, -0.05) is 42.5 Å². The molecule has 2 aromatic rings. The van der Waals surface area contributed by atoms with E-state index in [-0.39, 0.29) is 29.6 Å². The molecule has 0 heterocycles. The molecule has 186 valence electrons.